The van der Waals surface area contributed by atoms with Gasteiger partial charge in [0.15, 0.2) is 0 Å². The average molecular weight is 274 g/mol. The molecule has 0 aromatic heterocycles. The van der Waals surface area contributed by atoms with Crippen LogP contribution in [0.2, 0.25) is 0 Å². The summed E-state index contributed by atoms with van der Waals surface area (Å²) in [6.45, 7) is 3.33. The van der Waals surface area contributed by atoms with E-state index in [-0.39, 0.29) is 22.3 Å². The maximum absolute atomic E-state index is 11.9. The van der Waals surface area contributed by atoms with Gasteiger partial charge in [-0.2, -0.15) is 0 Å². The van der Waals surface area contributed by atoms with Gasteiger partial charge in [-0.15, -0.1) is 0 Å². The van der Waals surface area contributed by atoms with Gasteiger partial charge in [-0.1, -0.05) is 0 Å². The van der Waals surface area contributed by atoms with E-state index in [0.717, 1.165) is 18.2 Å². The van der Waals surface area contributed by atoms with Crippen molar-refractivity contribution in [2.45, 2.75) is 24.8 Å². The minimum absolute atomic E-state index is 0.0302. The SMILES string of the molecule is CC(C)NS(=O)(=O)c1ccc([N+](=O)[O-])cc1NN. The molecule has 0 bridgehead atoms. The summed E-state index contributed by atoms with van der Waals surface area (Å²) < 4.78 is 26.2. The van der Waals surface area contributed by atoms with Crippen LogP contribution >= 0.6 is 0 Å². The van der Waals surface area contributed by atoms with Gasteiger partial charge in [0, 0.05) is 18.2 Å². The maximum Gasteiger partial charge on any atom is 0.271 e. The van der Waals surface area contributed by atoms with Crippen LogP contribution in [0, 0.1) is 10.1 Å². The summed E-state index contributed by atoms with van der Waals surface area (Å²) in [5.41, 5.74) is 1.87. The second-order valence-electron chi connectivity index (χ2n) is 3.86. The molecule has 0 aliphatic carbocycles. The first-order valence-electron chi connectivity index (χ1n) is 5.05. The molecule has 1 aromatic rings. The molecule has 1 rings (SSSR count). The topological polar surface area (TPSA) is 127 Å². The number of benzene rings is 1. The van der Waals surface area contributed by atoms with E-state index in [1.54, 1.807) is 13.8 Å². The molecular weight excluding hydrogens is 260 g/mol. The van der Waals surface area contributed by atoms with Crippen molar-refractivity contribution in [3.05, 3.63) is 28.3 Å². The van der Waals surface area contributed by atoms with Crippen molar-refractivity contribution in [3.63, 3.8) is 0 Å². The van der Waals surface area contributed by atoms with E-state index in [0.29, 0.717) is 0 Å². The zero-order valence-corrected chi connectivity index (χ0v) is 10.7. The number of nitrogen functional groups attached to an aromatic ring is 1. The summed E-state index contributed by atoms with van der Waals surface area (Å²) in [4.78, 5) is 9.81. The Morgan fingerprint density at radius 3 is 2.44 bits per heavy atom. The zero-order chi connectivity index (χ0) is 13.9. The van der Waals surface area contributed by atoms with Gasteiger partial charge >= 0.3 is 0 Å². The van der Waals surface area contributed by atoms with Gasteiger partial charge in [0.1, 0.15) is 4.90 Å². The van der Waals surface area contributed by atoms with Crippen molar-refractivity contribution in [1.82, 2.24) is 4.72 Å². The largest absolute Gasteiger partial charge is 0.323 e. The summed E-state index contributed by atoms with van der Waals surface area (Å²) >= 11 is 0. The van der Waals surface area contributed by atoms with E-state index in [4.69, 9.17) is 5.84 Å². The first kappa shape index (κ1) is 14.4. The highest BCUT2D eigenvalue weighted by atomic mass is 32.2. The molecule has 0 saturated heterocycles. The number of sulfonamides is 1. The molecule has 0 aliphatic heterocycles. The number of nitro groups is 1. The fraction of sp³-hybridized carbons (Fsp3) is 0.333. The van der Waals surface area contributed by atoms with Crippen LogP contribution in [0.5, 0.6) is 0 Å². The first-order valence-corrected chi connectivity index (χ1v) is 6.53. The summed E-state index contributed by atoms with van der Waals surface area (Å²) in [5.74, 6) is 5.18. The molecule has 1 aromatic carbocycles. The maximum atomic E-state index is 11.9. The number of non-ortho nitro benzene ring substituents is 1. The quantitative estimate of drug-likeness (QED) is 0.409. The summed E-state index contributed by atoms with van der Waals surface area (Å²) in [5, 5.41) is 10.6. The van der Waals surface area contributed by atoms with Gasteiger partial charge in [0.05, 0.1) is 10.6 Å². The van der Waals surface area contributed by atoms with Crippen molar-refractivity contribution in [1.29, 1.82) is 0 Å². The molecular formula is C9H14N4O4S. The van der Waals surface area contributed by atoms with Crippen molar-refractivity contribution in [3.8, 4) is 0 Å². The fourth-order valence-electron chi connectivity index (χ4n) is 1.35. The summed E-state index contributed by atoms with van der Waals surface area (Å²) in [6, 6.07) is 3.01. The molecule has 9 heteroatoms. The molecule has 100 valence electrons. The smallest absolute Gasteiger partial charge is 0.271 e. The number of hydrazine groups is 1. The van der Waals surface area contributed by atoms with Gasteiger partial charge < -0.3 is 5.43 Å². The fourth-order valence-corrected chi connectivity index (χ4v) is 2.75. The number of nitrogens with zero attached hydrogens (tertiary/aromatic N) is 1. The second kappa shape index (κ2) is 5.29. The Kier molecular flexibility index (Phi) is 4.22. The molecule has 0 aliphatic rings. The molecule has 0 radical (unpaired) electrons. The van der Waals surface area contributed by atoms with E-state index < -0.39 is 14.9 Å². The Morgan fingerprint density at radius 2 is 2.00 bits per heavy atom. The minimum atomic E-state index is -3.76. The van der Waals surface area contributed by atoms with Gasteiger partial charge in [0.2, 0.25) is 10.0 Å². The van der Waals surface area contributed by atoms with Gasteiger partial charge in [-0.25, -0.2) is 13.1 Å². The third-order valence-corrected chi connectivity index (χ3v) is 3.73. The lowest BCUT2D eigenvalue weighted by atomic mass is 10.3. The molecule has 8 nitrogen and oxygen atoms in total. The lowest BCUT2D eigenvalue weighted by Crippen LogP contribution is -2.31. The summed E-state index contributed by atoms with van der Waals surface area (Å²) in [6.07, 6.45) is 0. The van der Waals surface area contributed by atoms with Crippen molar-refractivity contribution in [2.75, 3.05) is 5.43 Å². The number of nitrogens with two attached hydrogens (primary N) is 1. The monoisotopic (exact) mass is 274 g/mol. The van der Waals surface area contributed by atoms with Crippen LogP contribution in [0.1, 0.15) is 13.8 Å². The van der Waals surface area contributed by atoms with Crippen molar-refractivity contribution < 1.29 is 13.3 Å². The van der Waals surface area contributed by atoms with E-state index in [2.05, 4.69) is 10.1 Å². The van der Waals surface area contributed by atoms with E-state index >= 15 is 0 Å². The lowest BCUT2D eigenvalue weighted by Gasteiger charge is -2.12. The Labute approximate surface area is 104 Å². The molecule has 0 heterocycles. The number of nitro benzene ring substituents is 1. The molecule has 18 heavy (non-hydrogen) atoms. The summed E-state index contributed by atoms with van der Waals surface area (Å²) in [7, 11) is -3.76. The zero-order valence-electron chi connectivity index (χ0n) is 9.88. The Hall–Kier alpha value is -1.71. The molecule has 0 amide bonds. The van der Waals surface area contributed by atoms with E-state index in [9.17, 15) is 18.5 Å². The molecule has 0 atom stereocenters. The second-order valence-corrected chi connectivity index (χ2v) is 5.54. The first-order chi connectivity index (χ1) is 8.27. The van der Waals surface area contributed by atoms with E-state index in [1.165, 1.54) is 0 Å². The van der Waals surface area contributed by atoms with Crippen molar-refractivity contribution >= 4 is 21.4 Å². The highest BCUT2D eigenvalue weighted by molar-refractivity contribution is 7.89. The van der Waals surface area contributed by atoms with Gasteiger partial charge in [0.25, 0.3) is 5.69 Å². The number of rotatable bonds is 5. The minimum Gasteiger partial charge on any atom is -0.323 e. The molecule has 0 fully saturated rings. The number of hydrogen-bond acceptors (Lipinski definition) is 6. The van der Waals surface area contributed by atoms with Gasteiger partial charge in [-0.3, -0.25) is 16.0 Å². The van der Waals surface area contributed by atoms with Crippen LogP contribution in [0.3, 0.4) is 0 Å². The number of nitrogens with one attached hydrogen (secondary N) is 2. The molecule has 0 spiro atoms. The predicted octanol–water partition coefficient (Wildman–Crippen LogP) is 0.567. The number of hydrogen-bond donors (Lipinski definition) is 3. The third kappa shape index (κ3) is 3.15. The Morgan fingerprint density at radius 1 is 1.39 bits per heavy atom. The lowest BCUT2D eigenvalue weighted by molar-refractivity contribution is -0.384. The molecule has 0 saturated carbocycles. The van der Waals surface area contributed by atoms with Crippen LogP contribution in [0.4, 0.5) is 11.4 Å². The van der Waals surface area contributed by atoms with Crippen LogP contribution in [0.25, 0.3) is 0 Å². The number of anilines is 1. The van der Waals surface area contributed by atoms with Crippen LogP contribution < -0.4 is 16.0 Å². The predicted molar refractivity (Wildman–Crippen MR) is 66.4 cm³/mol. The Bertz CT molecular complexity index is 556. The highest BCUT2D eigenvalue weighted by Crippen LogP contribution is 2.25. The van der Waals surface area contributed by atoms with Crippen LogP contribution in [-0.2, 0) is 10.0 Å². The van der Waals surface area contributed by atoms with Crippen LogP contribution in [-0.4, -0.2) is 19.4 Å². The third-order valence-electron chi connectivity index (χ3n) is 2.01. The highest BCUT2D eigenvalue weighted by Gasteiger charge is 2.21. The standard InChI is InChI=1S/C9H14N4O4S/c1-6(2)12-18(16,17)9-4-3-7(13(14)15)5-8(9)11-10/h3-6,11-12H,10H2,1-2H3. The van der Waals surface area contributed by atoms with Crippen molar-refractivity contribution in [2.24, 2.45) is 5.84 Å². The van der Waals surface area contributed by atoms with Crippen LogP contribution in [0.15, 0.2) is 23.1 Å². The molecule has 4 N–H and O–H groups in total. The molecule has 0 unspecified atom stereocenters. The normalized spacial score (nSPS) is 11.6. The average Bonchev–Trinajstić information content (AvgIpc) is 2.26. The van der Waals surface area contributed by atoms with E-state index in [1.807, 2.05) is 0 Å². The Balaban J connectivity index is 3.29. The van der Waals surface area contributed by atoms with Gasteiger partial charge in [-0.05, 0) is 19.9 Å².